The van der Waals surface area contributed by atoms with Gasteiger partial charge in [0.1, 0.15) is 11.2 Å². The number of nitrogens with zero attached hydrogens (tertiary/aromatic N) is 6. The van der Waals surface area contributed by atoms with E-state index in [1.807, 2.05) is 48.5 Å². The number of imidazole rings is 1. The number of hydrogen-bond acceptors (Lipinski definition) is 7. The second-order valence-corrected chi connectivity index (χ2v) is 8.86. The van der Waals surface area contributed by atoms with E-state index in [0.29, 0.717) is 34.1 Å². The third-order valence-electron chi connectivity index (χ3n) is 6.36. The molecule has 0 saturated carbocycles. The van der Waals surface area contributed by atoms with Gasteiger partial charge in [-0.1, -0.05) is 24.3 Å². The van der Waals surface area contributed by atoms with Gasteiger partial charge in [-0.2, -0.15) is 5.10 Å². The summed E-state index contributed by atoms with van der Waals surface area (Å²) < 4.78 is 0. The third-order valence-corrected chi connectivity index (χ3v) is 6.36. The molecule has 0 radical (unpaired) electrons. The average molecular weight is 510 g/mol. The number of benzene rings is 1. The van der Waals surface area contributed by atoms with Gasteiger partial charge in [-0.3, -0.25) is 19.9 Å². The van der Waals surface area contributed by atoms with Crippen molar-refractivity contribution in [1.29, 1.82) is 0 Å². The minimum absolute atomic E-state index is 0.204. The van der Waals surface area contributed by atoms with Crippen molar-refractivity contribution in [3.05, 3.63) is 103 Å². The van der Waals surface area contributed by atoms with Crippen LogP contribution in [-0.4, -0.2) is 46.0 Å². The maximum Gasteiger partial charge on any atom is 0.255 e. The lowest BCUT2D eigenvalue weighted by Gasteiger charge is -2.07. The zero-order valence-corrected chi connectivity index (χ0v) is 20.3. The van der Waals surface area contributed by atoms with Crippen molar-refractivity contribution in [3.63, 3.8) is 0 Å². The smallest absolute Gasteiger partial charge is 0.255 e. The highest BCUT2D eigenvalue weighted by molar-refractivity contribution is 6.04. The lowest BCUT2D eigenvalue weighted by atomic mass is 10.1. The standard InChI is InChI=1S/C29H19N9O/c39-29(17-5-2-1-3-6-17)34-21-11-19(14-31-16-21)20-12-23-25(37-38-26(23)33-15-20)28-35-24-22(8-10-32-27(24)36-28)18-7-4-9-30-13-18/h1-16H,(H,34,39)(H,32,35,36)(H,33,37,38). The van der Waals surface area contributed by atoms with E-state index in [2.05, 4.69) is 40.4 Å². The maximum atomic E-state index is 12.6. The molecule has 1 amide bonds. The zero-order chi connectivity index (χ0) is 26.2. The quantitative estimate of drug-likeness (QED) is 0.287. The molecule has 39 heavy (non-hydrogen) atoms. The van der Waals surface area contributed by atoms with E-state index in [9.17, 15) is 4.79 Å². The van der Waals surface area contributed by atoms with Gasteiger partial charge in [0.2, 0.25) is 0 Å². The SMILES string of the molecule is O=C(Nc1cncc(-c2cnc3[nH]nc(-c4nc5c(-c6cccnc6)ccnc5[nH]4)c3c2)c1)c1ccccc1. The van der Waals surface area contributed by atoms with Gasteiger partial charge >= 0.3 is 0 Å². The van der Waals surface area contributed by atoms with Gasteiger partial charge in [0.25, 0.3) is 5.91 Å². The lowest BCUT2D eigenvalue weighted by Crippen LogP contribution is -2.11. The fraction of sp³-hybridized carbons (Fsp3) is 0. The molecule has 186 valence electrons. The number of carbonyl (C=O) groups is 1. The molecular weight excluding hydrogens is 490 g/mol. The molecule has 0 unspecified atom stereocenters. The van der Waals surface area contributed by atoms with Crippen LogP contribution in [0.1, 0.15) is 10.4 Å². The molecule has 3 N–H and O–H groups in total. The topological polar surface area (TPSA) is 138 Å². The Bertz CT molecular complexity index is 1960. The molecule has 0 aliphatic carbocycles. The van der Waals surface area contributed by atoms with Crippen LogP contribution >= 0.6 is 0 Å². The molecule has 10 nitrogen and oxygen atoms in total. The molecular formula is C29H19N9O. The number of H-pyrrole nitrogens is 2. The van der Waals surface area contributed by atoms with Crippen LogP contribution in [-0.2, 0) is 0 Å². The first-order valence-electron chi connectivity index (χ1n) is 12.1. The third kappa shape index (κ3) is 4.15. The highest BCUT2D eigenvalue weighted by atomic mass is 16.1. The van der Waals surface area contributed by atoms with E-state index in [-0.39, 0.29) is 5.91 Å². The Morgan fingerprint density at radius 2 is 1.64 bits per heavy atom. The molecule has 7 aromatic rings. The van der Waals surface area contributed by atoms with Gasteiger partial charge < -0.3 is 10.3 Å². The molecule has 6 aromatic heterocycles. The van der Waals surface area contributed by atoms with Crippen LogP contribution in [0, 0.1) is 0 Å². The monoisotopic (exact) mass is 509 g/mol. The second-order valence-electron chi connectivity index (χ2n) is 8.86. The molecule has 0 aliphatic rings. The molecule has 0 saturated heterocycles. The summed E-state index contributed by atoms with van der Waals surface area (Å²) in [5, 5.41) is 11.2. The van der Waals surface area contributed by atoms with Gasteiger partial charge in [-0.25, -0.2) is 15.0 Å². The summed E-state index contributed by atoms with van der Waals surface area (Å²) in [5.74, 6) is 0.366. The Hall–Kier alpha value is -5.77. The maximum absolute atomic E-state index is 12.6. The van der Waals surface area contributed by atoms with Crippen molar-refractivity contribution in [1.82, 2.24) is 40.1 Å². The first-order valence-corrected chi connectivity index (χ1v) is 12.1. The Labute approximate surface area is 221 Å². The van der Waals surface area contributed by atoms with Crippen molar-refractivity contribution in [2.45, 2.75) is 0 Å². The zero-order valence-electron chi connectivity index (χ0n) is 20.3. The predicted octanol–water partition coefficient (Wildman–Crippen LogP) is 5.27. The van der Waals surface area contributed by atoms with Crippen molar-refractivity contribution < 1.29 is 4.79 Å². The molecule has 0 aliphatic heterocycles. The number of anilines is 1. The molecule has 7 rings (SSSR count). The van der Waals surface area contributed by atoms with Crippen LogP contribution in [0.25, 0.3) is 56.0 Å². The van der Waals surface area contributed by atoms with Crippen LogP contribution in [0.2, 0.25) is 0 Å². The number of rotatable bonds is 5. The summed E-state index contributed by atoms with van der Waals surface area (Å²) in [5.41, 5.74) is 7.27. The van der Waals surface area contributed by atoms with E-state index in [1.54, 1.807) is 49.3 Å². The molecule has 0 atom stereocenters. The van der Waals surface area contributed by atoms with Crippen LogP contribution in [0.4, 0.5) is 5.69 Å². The van der Waals surface area contributed by atoms with E-state index in [1.165, 1.54) is 0 Å². The molecule has 0 spiro atoms. The van der Waals surface area contributed by atoms with Gasteiger partial charge in [0.15, 0.2) is 17.1 Å². The molecule has 0 fully saturated rings. The fourth-order valence-corrected chi connectivity index (χ4v) is 4.48. The second kappa shape index (κ2) is 9.27. The van der Waals surface area contributed by atoms with Crippen LogP contribution in [0.3, 0.4) is 0 Å². The summed E-state index contributed by atoms with van der Waals surface area (Å²) in [7, 11) is 0. The number of carbonyl (C=O) groups excluding carboxylic acids is 1. The van der Waals surface area contributed by atoms with Gasteiger partial charge in [-0.15, -0.1) is 0 Å². The number of aromatic nitrogens is 8. The van der Waals surface area contributed by atoms with E-state index >= 15 is 0 Å². The molecule has 10 heteroatoms. The van der Waals surface area contributed by atoms with Crippen molar-refractivity contribution >= 4 is 33.8 Å². The van der Waals surface area contributed by atoms with Gasteiger partial charge in [-0.05, 0) is 36.4 Å². The molecule has 0 bridgehead atoms. The Balaban J connectivity index is 1.25. The van der Waals surface area contributed by atoms with Gasteiger partial charge in [0, 0.05) is 58.8 Å². The Morgan fingerprint density at radius 1 is 0.769 bits per heavy atom. The fourth-order valence-electron chi connectivity index (χ4n) is 4.48. The molecule has 1 aromatic carbocycles. The summed E-state index contributed by atoms with van der Waals surface area (Å²) in [6, 6.07) is 18.7. The number of fused-ring (bicyclic) bond motifs is 2. The Kier molecular flexibility index (Phi) is 5.33. The van der Waals surface area contributed by atoms with Crippen LogP contribution in [0.15, 0.2) is 97.8 Å². The number of nitrogens with one attached hydrogen (secondary N) is 3. The van der Waals surface area contributed by atoms with E-state index in [4.69, 9.17) is 4.98 Å². The summed E-state index contributed by atoms with van der Waals surface area (Å²) >= 11 is 0. The lowest BCUT2D eigenvalue weighted by molar-refractivity contribution is 0.102. The van der Waals surface area contributed by atoms with Crippen molar-refractivity contribution in [3.8, 4) is 33.8 Å². The first kappa shape index (κ1) is 22.4. The minimum Gasteiger partial charge on any atom is -0.321 e. The number of amides is 1. The van der Waals surface area contributed by atoms with Crippen molar-refractivity contribution in [2.24, 2.45) is 0 Å². The van der Waals surface area contributed by atoms with Gasteiger partial charge in [0.05, 0.1) is 17.3 Å². The Morgan fingerprint density at radius 3 is 2.51 bits per heavy atom. The normalized spacial score (nSPS) is 11.2. The summed E-state index contributed by atoms with van der Waals surface area (Å²) in [6.45, 7) is 0. The number of hydrogen-bond donors (Lipinski definition) is 3. The van der Waals surface area contributed by atoms with Crippen LogP contribution < -0.4 is 5.32 Å². The summed E-state index contributed by atoms with van der Waals surface area (Å²) in [6.07, 6.45) is 10.4. The number of aromatic amines is 2. The highest BCUT2D eigenvalue weighted by Crippen LogP contribution is 2.32. The van der Waals surface area contributed by atoms with E-state index in [0.717, 1.165) is 33.2 Å². The largest absolute Gasteiger partial charge is 0.321 e. The predicted molar refractivity (Wildman–Crippen MR) is 148 cm³/mol. The first-order chi connectivity index (χ1) is 19.2. The number of pyridine rings is 4. The minimum atomic E-state index is -0.204. The average Bonchev–Trinajstić information content (AvgIpc) is 3.62. The van der Waals surface area contributed by atoms with E-state index < -0.39 is 0 Å². The van der Waals surface area contributed by atoms with Crippen molar-refractivity contribution in [2.75, 3.05) is 5.32 Å². The highest BCUT2D eigenvalue weighted by Gasteiger charge is 2.17. The molecule has 6 heterocycles. The summed E-state index contributed by atoms with van der Waals surface area (Å²) in [4.78, 5) is 38.3. The van der Waals surface area contributed by atoms with Crippen LogP contribution in [0.5, 0.6) is 0 Å².